The maximum absolute atomic E-state index is 12.1. The van der Waals surface area contributed by atoms with Gasteiger partial charge in [0.05, 0.1) is 7.11 Å². The molecule has 4 heteroatoms. The minimum absolute atomic E-state index is 0.174. The van der Waals surface area contributed by atoms with Gasteiger partial charge in [0.15, 0.2) is 17.1 Å². The minimum atomic E-state index is -0.174. The molecule has 0 aliphatic rings. The zero-order valence-electron chi connectivity index (χ0n) is 11.5. The Bertz CT molecular complexity index is 570. The van der Waals surface area contributed by atoms with Crippen molar-refractivity contribution in [2.75, 3.05) is 7.11 Å². The maximum atomic E-state index is 12.1. The Hall–Kier alpha value is -1.97. The lowest BCUT2D eigenvalue weighted by atomic mass is 10.1. The van der Waals surface area contributed by atoms with Gasteiger partial charge in [0.1, 0.15) is 0 Å². The Balaban J connectivity index is 2.28. The number of hydrogen-bond acceptors (Lipinski definition) is 3. The standard InChI is InChI=1S/C15H19NO3/c1-4-11(5-2)16-15(17)13-9-10-7-6-8-12(18-3)14(10)19-13/h6-9,11H,4-5H2,1-3H3,(H,16,17). The van der Waals surface area contributed by atoms with Crippen LogP contribution in [0.5, 0.6) is 5.75 Å². The fraction of sp³-hybridized carbons (Fsp3) is 0.400. The van der Waals surface area contributed by atoms with Gasteiger partial charge in [-0.2, -0.15) is 0 Å². The van der Waals surface area contributed by atoms with Crippen molar-refractivity contribution < 1.29 is 13.9 Å². The summed E-state index contributed by atoms with van der Waals surface area (Å²) in [4.78, 5) is 12.1. The van der Waals surface area contributed by atoms with E-state index in [9.17, 15) is 4.79 Å². The number of benzene rings is 1. The van der Waals surface area contributed by atoms with E-state index in [1.54, 1.807) is 13.2 Å². The Kier molecular flexibility index (Phi) is 4.10. The lowest BCUT2D eigenvalue weighted by molar-refractivity contribution is 0.0909. The van der Waals surface area contributed by atoms with Crippen molar-refractivity contribution in [3.05, 3.63) is 30.0 Å². The molecule has 0 unspecified atom stereocenters. The van der Waals surface area contributed by atoms with Gasteiger partial charge < -0.3 is 14.5 Å². The summed E-state index contributed by atoms with van der Waals surface area (Å²) in [7, 11) is 1.58. The van der Waals surface area contributed by atoms with Crippen molar-refractivity contribution in [3.63, 3.8) is 0 Å². The van der Waals surface area contributed by atoms with E-state index in [2.05, 4.69) is 19.2 Å². The number of para-hydroxylation sites is 1. The van der Waals surface area contributed by atoms with E-state index >= 15 is 0 Å². The second kappa shape index (κ2) is 5.78. The second-order valence-corrected chi connectivity index (χ2v) is 4.48. The molecule has 0 radical (unpaired) electrons. The van der Waals surface area contributed by atoms with E-state index in [-0.39, 0.29) is 11.9 Å². The van der Waals surface area contributed by atoms with Gasteiger partial charge >= 0.3 is 0 Å². The molecule has 1 heterocycles. The zero-order valence-corrected chi connectivity index (χ0v) is 11.5. The van der Waals surface area contributed by atoms with Crippen LogP contribution in [-0.4, -0.2) is 19.1 Å². The molecule has 1 amide bonds. The van der Waals surface area contributed by atoms with Gasteiger partial charge in [-0.15, -0.1) is 0 Å². The molecule has 0 aliphatic heterocycles. The molecule has 0 saturated carbocycles. The number of carbonyl (C=O) groups excluding carboxylic acids is 1. The van der Waals surface area contributed by atoms with E-state index < -0.39 is 0 Å². The van der Waals surface area contributed by atoms with E-state index in [0.717, 1.165) is 18.2 Å². The number of ether oxygens (including phenoxy) is 1. The molecule has 0 spiro atoms. The fourth-order valence-corrected chi connectivity index (χ4v) is 2.06. The van der Waals surface area contributed by atoms with Crippen LogP contribution in [0.4, 0.5) is 0 Å². The molecular weight excluding hydrogens is 242 g/mol. The average molecular weight is 261 g/mol. The van der Waals surface area contributed by atoms with Gasteiger partial charge in [-0.1, -0.05) is 26.0 Å². The first-order valence-electron chi connectivity index (χ1n) is 6.57. The third-order valence-corrected chi connectivity index (χ3v) is 3.27. The van der Waals surface area contributed by atoms with Crippen molar-refractivity contribution in [2.24, 2.45) is 0 Å². The number of fused-ring (bicyclic) bond motifs is 1. The summed E-state index contributed by atoms with van der Waals surface area (Å²) in [6.45, 7) is 4.10. The Morgan fingerprint density at radius 1 is 1.37 bits per heavy atom. The third kappa shape index (κ3) is 2.72. The van der Waals surface area contributed by atoms with Gasteiger partial charge in [0, 0.05) is 11.4 Å². The van der Waals surface area contributed by atoms with E-state index in [1.165, 1.54) is 0 Å². The molecule has 2 aromatic rings. The van der Waals surface area contributed by atoms with Gasteiger partial charge in [0.2, 0.25) is 0 Å². The number of furan rings is 1. The number of amides is 1. The van der Waals surface area contributed by atoms with Crippen LogP contribution < -0.4 is 10.1 Å². The van der Waals surface area contributed by atoms with E-state index in [0.29, 0.717) is 17.1 Å². The molecule has 0 aliphatic carbocycles. The Labute approximate surface area is 112 Å². The van der Waals surface area contributed by atoms with Crippen LogP contribution in [0, 0.1) is 0 Å². The van der Waals surface area contributed by atoms with Crippen LogP contribution in [0.25, 0.3) is 11.0 Å². The average Bonchev–Trinajstić information content (AvgIpc) is 2.88. The summed E-state index contributed by atoms with van der Waals surface area (Å²) in [5.74, 6) is 0.789. The Morgan fingerprint density at radius 2 is 2.11 bits per heavy atom. The van der Waals surface area contributed by atoms with Crippen LogP contribution in [0.3, 0.4) is 0 Å². The van der Waals surface area contributed by atoms with Gasteiger partial charge in [-0.05, 0) is 25.0 Å². The van der Waals surface area contributed by atoms with Crippen molar-refractivity contribution >= 4 is 16.9 Å². The van der Waals surface area contributed by atoms with Crippen LogP contribution in [0.15, 0.2) is 28.7 Å². The minimum Gasteiger partial charge on any atom is -0.493 e. The molecule has 2 rings (SSSR count). The second-order valence-electron chi connectivity index (χ2n) is 4.48. The monoisotopic (exact) mass is 261 g/mol. The maximum Gasteiger partial charge on any atom is 0.287 e. The number of rotatable bonds is 5. The summed E-state index contributed by atoms with van der Waals surface area (Å²) in [6, 6.07) is 7.51. The predicted octanol–water partition coefficient (Wildman–Crippen LogP) is 3.36. The first-order chi connectivity index (χ1) is 9.19. The molecule has 102 valence electrons. The quantitative estimate of drug-likeness (QED) is 0.897. The number of nitrogens with one attached hydrogen (secondary N) is 1. The van der Waals surface area contributed by atoms with Gasteiger partial charge in [0.25, 0.3) is 5.91 Å². The highest BCUT2D eigenvalue weighted by molar-refractivity contribution is 5.97. The molecule has 4 nitrogen and oxygen atoms in total. The highest BCUT2D eigenvalue weighted by Crippen LogP contribution is 2.28. The lowest BCUT2D eigenvalue weighted by Gasteiger charge is -2.13. The molecule has 0 fully saturated rings. The number of carbonyl (C=O) groups is 1. The van der Waals surface area contributed by atoms with Crippen molar-refractivity contribution in [2.45, 2.75) is 32.7 Å². The number of methoxy groups -OCH3 is 1. The molecule has 1 N–H and O–H groups in total. The number of hydrogen-bond donors (Lipinski definition) is 1. The van der Waals surface area contributed by atoms with E-state index in [1.807, 2.05) is 18.2 Å². The summed E-state index contributed by atoms with van der Waals surface area (Å²) < 4.78 is 10.8. The Morgan fingerprint density at radius 3 is 2.74 bits per heavy atom. The summed E-state index contributed by atoms with van der Waals surface area (Å²) in [5, 5.41) is 3.83. The zero-order chi connectivity index (χ0) is 13.8. The lowest BCUT2D eigenvalue weighted by Crippen LogP contribution is -2.33. The largest absolute Gasteiger partial charge is 0.493 e. The molecule has 0 atom stereocenters. The first kappa shape index (κ1) is 13.5. The van der Waals surface area contributed by atoms with Crippen molar-refractivity contribution in [3.8, 4) is 5.75 Å². The van der Waals surface area contributed by atoms with Crippen LogP contribution >= 0.6 is 0 Å². The molecule has 1 aromatic heterocycles. The molecule has 19 heavy (non-hydrogen) atoms. The molecule has 0 saturated heterocycles. The SMILES string of the molecule is CCC(CC)NC(=O)c1cc2cccc(OC)c2o1. The van der Waals surface area contributed by atoms with Crippen molar-refractivity contribution in [1.82, 2.24) is 5.32 Å². The van der Waals surface area contributed by atoms with Crippen LogP contribution in [0.2, 0.25) is 0 Å². The summed E-state index contributed by atoms with van der Waals surface area (Å²) >= 11 is 0. The summed E-state index contributed by atoms with van der Waals surface area (Å²) in [5.41, 5.74) is 0.611. The van der Waals surface area contributed by atoms with Gasteiger partial charge in [-0.3, -0.25) is 4.79 Å². The highest BCUT2D eigenvalue weighted by Gasteiger charge is 2.16. The van der Waals surface area contributed by atoms with Gasteiger partial charge in [-0.25, -0.2) is 0 Å². The van der Waals surface area contributed by atoms with E-state index in [4.69, 9.17) is 9.15 Å². The predicted molar refractivity (Wildman–Crippen MR) is 74.6 cm³/mol. The molecule has 0 bridgehead atoms. The highest BCUT2D eigenvalue weighted by atomic mass is 16.5. The molecular formula is C15H19NO3. The third-order valence-electron chi connectivity index (χ3n) is 3.27. The fourth-order valence-electron chi connectivity index (χ4n) is 2.06. The van der Waals surface area contributed by atoms with Crippen LogP contribution in [-0.2, 0) is 0 Å². The topological polar surface area (TPSA) is 51.5 Å². The van der Waals surface area contributed by atoms with Crippen LogP contribution in [0.1, 0.15) is 37.2 Å². The summed E-state index contributed by atoms with van der Waals surface area (Å²) in [6.07, 6.45) is 1.82. The smallest absolute Gasteiger partial charge is 0.287 e. The molecule has 1 aromatic carbocycles. The van der Waals surface area contributed by atoms with Crippen molar-refractivity contribution in [1.29, 1.82) is 0 Å². The normalized spacial score (nSPS) is 10.9. The first-order valence-corrected chi connectivity index (χ1v) is 6.57.